The third-order valence-corrected chi connectivity index (χ3v) is 8.44. The van der Waals surface area contributed by atoms with E-state index < -0.39 is 6.10 Å². The number of rotatable bonds is 2. The molecular formula is C21H30O4. The second-order valence-corrected chi connectivity index (χ2v) is 9.42. The SMILES string of the molecule is CC12CCC(=O)C=C1CCC1C2[C@@H](O)C[C@]2(C)C(C(=O)CO)CCC12. The van der Waals surface area contributed by atoms with Crippen molar-refractivity contribution in [2.75, 3.05) is 6.61 Å². The second-order valence-electron chi connectivity index (χ2n) is 9.42. The Balaban J connectivity index is 1.70. The summed E-state index contributed by atoms with van der Waals surface area (Å²) >= 11 is 0. The minimum absolute atomic E-state index is 0.0541. The first-order valence-corrected chi connectivity index (χ1v) is 9.87. The highest BCUT2D eigenvalue weighted by Crippen LogP contribution is 2.66. The molecule has 0 aromatic heterocycles. The van der Waals surface area contributed by atoms with E-state index in [4.69, 9.17) is 0 Å². The van der Waals surface area contributed by atoms with E-state index in [0.29, 0.717) is 24.7 Å². The number of carbonyl (C=O) groups is 2. The molecule has 0 heterocycles. The Labute approximate surface area is 149 Å². The van der Waals surface area contributed by atoms with Gasteiger partial charge in [0.05, 0.1) is 6.10 Å². The topological polar surface area (TPSA) is 74.6 Å². The van der Waals surface area contributed by atoms with E-state index in [1.54, 1.807) is 0 Å². The van der Waals surface area contributed by atoms with Crippen LogP contribution in [0.1, 0.15) is 58.8 Å². The van der Waals surface area contributed by atoms with E-state index in [2.05, 4.69) is 13.8 Å². The maximum absolute atomic E-state index is 12.3. The Morgan fingerprint density at radius 2 is 2.00 bits per heavy atom. The third kappa shape index (κ3) is 2.33. The first-order chi connectivity index (χ1) is 11.8. The fourth-order valence-corrected chi connectivity index (χ4v) is 7.33. The highest BCUT2D eigenvalue weighted by atomic mass is 16.3. The molecule has 3 fully saturated rings. The maximum Gasteiger partial charge on any atom is 0.161 e. The number of fused-ring (bicyclic) bond motifs is 5. The van der Waals surface area contributed by atoms with Crippen LogP contribution >= 0.6 is 0 Å². The van der Waals surface area contributed by atoms with Crippen molar-refractivity contribution in [3.63, 3.8) is 0 Å². The molecule has 4 heteroatoms. The van der Waals surface area contributed by atoms with E-state index in [-0.39, 0.29) is 40.8 Å². The van der Waals surface area contributed by atoms with Crippen molar-refractivity contribution >= 4 is 11.6 Å². The Bertz CT molecular complexity index is 638. The van der Waals surface area contributed by atoms with Crippen LogP contribution in [0.3, 0.4) is 0 Å². The number of Topliss-reactive ketones (excluding diaryl/α,β-unsaturated/α-hetero) is 1. The van der Waals surface area contributed by atoms with Gasteiger partial charge in [0.15, 0.2) is 11.6 Å². The number of hydrogen-bond donors (Lipinski definition) is 2. The maximum atomic E-state index is 12.3. The van der Waals surface area contributed by atoms with Crippen molar-refractivity contribution in [1.82, 2.24) is 0 Å². The van der Waals surface area contributed by atoms with Crippen LogP contribution in [0.5, 0.6) is 0 Å². The summed E-state index contributed by atoms with van der Waals surface area (Å²) in [5.74, 6) is 1.12. The molecule has 0 aliphatic heterocycles. The highest BCUT2D eigenvalue weighted by Gasteiger charge is 2.62. The van der Waals surface area contributed by atoms with Gasteiger partial charge in [-0.05, 0) is 73.2 Å². The molecule has 0 bridgehead atoms. The summed E-state index contributed by atoms with van der Waals surface area (Å²) in [6.45, 7) is 4.03. The Morgan fingerprint density at radius 3 is 2.72 bits per heavy atom. The van der Waals surface area contributed by atoms with Crippen molar-refractivity contribution in [3.8, 4) is 0 Å². The number of aliphatic hydroxyl groups excluding tert-OH is 2. The second kappa shape index (κ2) is 5.75. The largest absolute Gasteiger partial charge is 0.393 e. The summed E-state index contributed by atoms with van der Waals surface area (Å²) in [5.41, 5.74) is 0.979. The number of ketones is 2. The lowest BCUT2D eigenvalue weighted by Crippen LogP contribution is -2.57. The molecule has 25 heavy (non-hydrogen) atoms. The molecule has 0 saturated heterocycles. The van der Waals surface area contributed by atoms with Crippen molar-refractivity contribution in [2.24, 2.45) is 34.5 Å². The molecule has 0 spiro atoms. The first-order valence-electron chi connectivity index (χ1n) is 9.87. The zero-order valence-electron chi connectivity index (χ0n) is 15.3. The van der Waals surface area contributed by atoms with E-state index in [9.17, 15) is 19.8 Å². The fraction of sp³-hybridized carbons (Fsp3) is 0.810. The average molecular weight is 346 g/mol. The van der Waals surface area contributed by atoms with E-state index in [1.165, 1.54) is 5.57 Å². The lowest BCUT2D eigenvalue weighted by atomic mass is 9.46. The van der Waals surface area contributed by atoms with Gasteiger partial charge in [0.2, 0.25) is 0 Å². The van der Waals surface area contributed by atoms with Crippen LogP contribution in [-0.4, -0.2) is 34.5 Å². The van der Waals surface area contributed by atoms with Gasteiger partial charge in [0, 0.05) is 12.3 Å². The Morgan fingerprint density at radius 1 is 1.24 bits per heavy atom. The molecule has 4 aliphatic carbocycles. The molecule has 138 valence electrons. The highest BCUT2D eigenvalue weighted by molar-refractivity contribution is 5.91. The van der Waals surface area contributed by atoms with Gasteiger partial charge >= 0.3 is 0 Å². The summed E-state index contributed by atoms with van der Waals surface area (Å²) in [7, 11) is 0. The van der Waals surface area contributed by atoms with Crippen LogP contribution in [-0.2, 0) is 9.59 Å². The molecule has 4 aliphatic rings. The molecule has 4 nitrogen and oxygen atoms in total. The van der Waals surface area contributed by atoms with Crippen LogP contribution in [0.25, 0.3) is 0 Å². The molecule has 7 atom stereocenters. The summed E-state index contributed by atoms with van der Waals surface area (Å²) in [6.07, 6.45) is 7.32. The summed E-state index contributed by atoms with van der Waals surface area (Å²) in [4.78, 5) is 24.2. The lowest BCUT2D eigenvalue weighted by molar-refractivity contribution is -0.146. The molecule has 0 amide bonds. The summed E-state index contributed by atoms with van der Waals surface area (Å²) < 4.78 is 0. The van der Waals surface area contributed by atoms with E-state index in [1.807, 2.05) is 6.08 Å². The molecular weight excluding hydrogens is 316 g/mol. The van der Waals surface area contributed by atoms with Gasteiger partial charge < -0.3 is 10.2 Å². The van der Waals surface area contributed by atoms with Gasteiger partial charge in [0.25, 0.3) is 0 Å². The Kier molecular flexibility index (Phi) is 4.01. The molecule has 2 N–H and O–H groups in total. The van der Waals surface area contributed by atoms with Crippen LogP contribution in [0, 0.1) is 34.5 Å². The van der Waals surface area contributed by atoms with E-state index in [0.717, 1.165) is 32.1 Å². The van der Waals surface area contributed by atoms with Gasteiger partial charge in [-0.25, -0.2) is 0 Å². The van der Waals surface area contributed by atoms with Gasteiger partial charge in [-0.15, -0.1) is 0 Å². The average Bonchev–Trinajstić information content (AvgIpc) is 2.91. The fourth-order valence-electron chi connectivity index (χ4n) is 7.33. The predicted octanol–water partition coefficient (Wildman–Crippen LogP) is 2.67. The lowest BCUT2D eigenvalue weighted by Gasteiger charge is -2.59. The molecule has 3 saturated carbocycles. The van der Waals surface area contributed by atoms with Gasteiger partial charge in [-0.3, -0.25) is 9.59 Å². The summed E-state index contributed by atoms with van der Waals surface area (Å²) in [6, 6.07) is 0. The predicted molar refractivity (Wildman–Crippen MR) is 93.7 cm³/mol. The number of carbonyl (C=O) groups excluding carboxylic acids is 2. The monoisotopic (exact) mass is 346 g/mol. The smallest absolute Gasteiger partial charge is 0.161 e. The molecule has 0 aromatic carbocycles. The molecule has 5 unspecified atom stereocenters. The molecule has 4 rings (SSSR count). The van der Waals surface area contributed by atoms with Crippen LogP contribution in [0.15, 0.2) is 11.6 Å². The van der Waals surface area contributed by atoms with Crippen LogP contribution < -0.4 is 0 Å². The number of allylic oxidation sites excluding steroid dienone is 1. The first kappa shape index (κ1) is 17.4. The van der Waals surface area contributed by atoms with Gasteiger partial charge in [-0.1, -0.05) is 19.4 Å². The molecule has 0 aromatic rings. The Hall–Kier alpha value is -1.00. The minimum atomic E-state index is -0.430. The third-order valence-electron chi connectivity index (χ3n) is 8.44. The minimum Gasteiger partial charge on any atom is -0.393 e. The van der Waals surface area contributed by atoms with Crippen molar-refractivity contribution in [3.05, 3.63) is 11.6 Å². The van der Waals surface area contributed by atoms with Gasteiger partial charge in [-0.2, -0.15) is 0 Å². The zero-order chi connectivity index (χ0) is 18.0. The number of aliphatic hydroxyl groups is 2. The zero-order valence-corrected chi connectivity index (χ0v) is 15.3. The van der Waals surface area contributed by atoms with Gasteiger partial charge in [0.1, 0.15) is 6.61 Å². The normalized spacial score (nSPS) is 49.0. The van der Waals surface area contributed by atoms with Crippen molar-refractivity contribution in [2.45, 2.75) is 64.9 Å². The molecule has 0 radical (unpaired) electrons. The standard InChI is InChI=1S/C21H30O4/c1-20-8-7-13(23)9-12(20)3-4-14-15-5-6-16(18(25)11-22)21(15,2)10-17(24)19(14)20/h9,14-17,19,22,24H,3-8,10-11H2,1-2H3/t14?,15?,16?,17-,19?,20?,21-/m0/s1. The van der Waals surface area contributed by atoms with Crippen LogP contribution in [0.2, 0.25) is 0 Å². The van der Waals surface area contributed by atoms with Crippen molar-refractivity contribution in [1.29, 1.82) is 0 Å². The van der Waals surface area contributed by atoms with E-state index >= 15 is 0 Å². The quantitative estimate of drug-likeness (QED) is 0.806. The van der Waals surface area contributed by atoms with Crippen molar-refractivity contribution < 1.29 is 19.8 Å². The summed E-state index contributed by atoms with van der Waals surface area (Å²) in [5, 5.41) is 20.5. The number of hydrogen-bond acceptors (Lipinski definition) is 4. The van der Waals surface area contributed by atoms with Crippen LogP contribution in [0.4, 0.5) is 0 Å².